The lowest BCUT2D eigenvalue weighted by atomic mass is 9.92. The molecule has 1 amide bonds. The number of hydrogen-bond acceptors (Lipinski definition) is 3. The molecule has 0 spiro atoms. The molecule has 0 bridgehead atoms. The standard InChI is InChI=1S/C19H27N3O/c1-20-9-6-16(7-10-20)19(23)22-13-18(14-22)21-11-8-15-4-2-3-5-17(15)12-21/h2-5,16,18H,6-14H2,1H3. The van der Waals surface area contributed by atoms with Gasteiger partial charge >= 0.3 is 0 Å². The lowest BCUT2D eigenvalue weighted by Gasteiger charge is -2.48. The Labute approximate surface area is 139 Å². The smallest absolute Gasteiger partial charge is 0.225 e. The highest BCUT2D eigenvalue weighted by molar-refractivity contribution is 5.80. The molecule has 0 radical (unpaired) electrons. The zero-order valence-electron chi connectivity index (χ0n) is 14.1. The first-order chi connectivity index (χ1) is 11.2. The number of likely N-dealkylation sites (tertiary alicyclic amines) is 2. The van der Waals surface area contributed by atoms with E-state index in [2.05, 4.69) is 46.0 Å². The zero-order chi connectivity index (χ0) is 15.8. The Hall–Kier alpha value is -1.39. The van der Waals surface area contributed by atoms with Crippen molar-refractivity contribution in [2.24, 2.45) is 5.92 Å². The third-order valence-electron chi connectivity index (χ3n) is 5.92. The second-order valence-corrected chi connectivity index (χ2v) is 7.46. The second-order valence-electron chi connectivity index (χ2n) is 7.46. The van der Waals surface area contributed by atoms with Crippen LogP contribution in [0.25, 0.3) is 0 Å². The van der Waals surface area contributed by atoms with Crippen molar-refractivity contribution in [2.45, 2.75) is 31.8 Å². The van der Waals surface area contributed by atoms with Crippen LogP contribution in [0.5, 0.6) is 0 Å². The molecule has 3 heterocycles. The number of amides is 1. The van der Waals surface area contributed by atoms with Crippen LogP contribution in [0.1, 0.15) is 24.0 Å². The molecular formula is C19H27N3O. The highest BCUT2D eigenvalue weighted by Crippen LogP contribution is 2.27. The maximum atomic E-state index is 12.6. The van der Waals surface area contributed by atoms with Gasteiger partial charge in [0.15, 0.2) is 0 Å². The van der Waals surface area contributed by atoms with E-state index >= 15 is 0 Å². The molecule has 4 rings (SSSR count). The van der Waals surface area contributed by atoms with Crippen LogP contribution in [0, 0.1) is 5.92 Å². The van der Waals surface area contributed by atoms with Crippen LogP contribution in [0.4, 0.5) is 0 Å². The average molecular weight is 313 g/mol. The van der Waals surface area contributed by atoms with Gasteiger partial charge in [-0.1, -0.05) is 24.3 Å². The van der Waals surface area contributed by atoms with Gasteiger partial charge in [0.25, 0.3) is 0 Å². The molecule has 3 aliphatic rings. The van der Waals surface area contributed by atoms with E-state index in [1.807, 2.05) is 0 Å². The summed E-state index contributed by atoms with van der Waals surface area (Å²) in [5.41, 5.74) is 2.97. The summed E-state index contributed by atoms with van der Waals surface area (Å²) in [5.74, 6) is 0.681. The average Bonchev–Trinajstić information content (AvgIpc) is 2.54. The van der Waals surface area contributed by atoms with E-state index in [0.717, 1.165) is 58.5 Å². The molecule has 0 aliphatic carbocycles. The number of carbonyl (C=O) groups excluding carboxylic acids is 1. The van der Waals surface area contributed by atoms with Crippen molar-refractivity contribution >= 4 is 5.91 Å². The van der Waals surface area contributed by atoms with Gasteiger partial charge in [0, 0.05) is 38.1 Å². The Kier molecular flexibility index (Phi) is 4.12. The molecular weight excluding hydrogens is 286 g/mol. The van der Waals surface area contributed by atoms with Gasteiger partial charge in [-0.3, -0.25) is 9.69 Å². The molecule has 3 aliphatic heterocycles. The molecule has 23 heavy (non-hydrogen) atoms. The van der Waals surface area contributed by atoms with Crippen molar-refractivity contribution < 1.29 is 4.79 Å². The topological polar surface area (TPSA) is 26.8 Å². The SMILES string of the molecule is CN1CCC(C(=O)N2CC(N3CCc4ccccc4C3)C2)CC1. The first-order valence-corrected chi connectivity index (χ1v) is 8.99. The molecule has 2 fully saturated rings. The summed E-state index contributed by atoms with van der Waals surface area (Å²) >= 11 is 0. The van der Waals surface area contributed by atoms with Crippen LogP contribution in [0.2, 0.25) is 0 Å². The summed E-state index contributed by atoms with van der Waals surface area (Å²) in [6.45, 7) is 6.20. The van der Waals surface area contributed by atoms with E-state index in [0.29, 0.717) is 11.9 Å². The molecule has 4 heteroatoms. The largest absolute Gasteiger partial charge is 0.339 e. The predicted molar refractivity (Wildman–Crippen MR) is 91.1 cm³/mol. The lowest BCUT2D eigenvalue weighted by Crippen LogP contribution is -2.62. The molecule has 0 saturated carbocycles. The molecule has 1 aromatic carbocycles. The van der Waals surface area contributed by atoms with Crippen LogP contribution in [-0.2, 0) is 17.8 Å². The highest BCUT2D eigenvalue weighted by atomic mass is 16.2. The van der Waals surface area contributed by atoms with E-state index in [4.69, 9.17) is 0 Å². The highest BCUT2D eigenvalue weighted by Gasteiger charge is 2.38. The van der Waals surface area contributed by atoms with Gasteiger partial charge in [-0.15, -0.1) is 0 Å². The maximum Gasteiger partial charge on any atom is 0.225 e. The number of benzene rings is 1. The lowest BCUT2D eigenvalue weighted by molar-refractivity contribution is -0.144. The first kappa shape index (κ1) is 15.2. The van der Waals surface area contributed by atoms with Crippen LogP contribution in [-0.4, -0.2) is 66.4 Å². The summed E-state index contributed by atoms with van der Waals surface area (Å²) in [7, 11) is 2.15. The van der Waals surface area contributed by atoms with Crippen LogP contribution < -0.4 is 0 Å². The number of rotatable bonds is 2. The van der Waals surface area contributed by atoms with E-state index < -0.39 is 0 Å². The number of fused-ring (bicyclic) bond motifs is 1. The Morgan fingerprint density at radius 2 is 1.74 bits per heavy atom. The summed E-state index contributed by atoms with van der Waals surface area (Å²) in [6.07, 6.45) is 3.22. The molecule has 0 aromatic heterocycles. The van der Waals surface area contributed by atoms with Gasteiger partial charge in [-0.2, -0.15) is 0 Å². The molecule has 4 nitrogen and oxygen atoms in total. The fourth-order valence-electron chi connectivity index (χ4n) is 4.21. The Balaban J connectivity index is 1.29. The minimum absolute atomic E-state index is 0.272. The van der Waals surface area contributed by atoms with Gasteiger partial charge in [0.05, 0.1) is 0 Å². The van der Waals surface area contributed by atoms with Crippen molar-refractivity contribution in [2.75, 3.05) is 39.8 Å². The number of nitrogens with zero attached hydrogens (tertiary/aromatic N) is 3. The van der Waals surface area contributed by atoms with Gasteiger partial charge in [0.2, 0.25) is 5.91 Å². The number of piperidine rings is 1. The van der Waals surface area contributed by atoms with E-state index in [-0.39, 0.29) is 5.92 Å². The number of carbonyl (C=O) groups is 1. The summed E-state index contributed by atoms with van der Waals surface area (Å²) in [4.78, 5) is 19.6. The normalized spacial score (nSPS) is 24.3. The van der Waals surface area contributed by atoms with Gasteiger partial charge in [-0.05, 0) is 50.5 Å². The van der Waals surface area contributed by atoms with Gasteiger partial charge in [0.1, 0.15) is 0 Å². The van der Waals surface area contributed by atoms with E-state index in [1.54, 1.807) is 0 Å². The van der Waals surface area contributed by atoms with Crippen molar-refractivity contribution in [3.63, 3.8) is 0 Å². The Morgan fingerprint density at radius 3 is 2.48 bits per heavy atom. The van der Waals surface area contributed by atoms with Crippen molar-refractivity contribution in [3.8, 4) is 0 Å². The van der Waals surface area contributed by atoms with Crippen molar-refractivity contribution in [1.82, 2.24) is 14.7 Å². The van der Waals surface area contributed by atoms with Crippen LogP contribution >= 0.6 is 0 Å². The second kappa shape index (κ2) is 6.25. The van der Waals surface area contributed by atoms with Crippen molar-refractivity contribution in [1.29, 1.82) is 0 Å². The molecule has 0 N–H and O–H groups in total. The van der Waals surface area contributed by atoms with E-state index in [9.17, 15) is 4.79 Å². The first-order valence-electron chi connectivity index (χ1n) is 8.99. The molecule has 1 aromatic rings. The van der Waals surface area contributed by atoms with Crippen LogP contribution in [0.15, 0.2) is 24.3 Å². The quantitative estimate of drug-likeness (QED) is 0.830. The predicted octanol–water partition coefficient (Wildman–Crippen LogP) is 1.60. The molecule has 124 valence electrons. The fourth-order valence-corrected chi connectivity index (χ4v) is 4.21. The van der Waals surface area contributed by atoms with Gasteiger partial charge < -0.3 is 9.80 Å². The monoisotopic (exact) mass is 313 g/mol. The minimum atomic E-state index is 0.272. The Bertz CT molecular complexity index is 574. The zero-order valence-corrected chi connectivity index (χ0v) is 14.1. The summed E-state index contributed by atoms with van der Waals surface area (Å²) in [6, 6.07) is 9.35. The van der Waals surface area contributed by atoms with Crippen molar-refractivity contribution in [3.05, 3.63) is 35.4 Å². The summed E-state index contributed by atoms with van der Waals surface area (Å²) in [5, 5.41) is 0. The summed E-state index contributed by atoms with van der Waals surface area (Å²) < 4.78 is 0. The third-order valence-corrected chi connectivity index (χ3v) is 5.92. The number of hydrogen-bond donors (Lipinski definition) is 0. The van der Waals surface area contributed by atoms with Crippen LogP contribution in [0.3, 0.4) is 0 Å². The minimum Gasteiger partial charge on any atom is -0.339 e. The van der Waals surface area contributed by atoms with E-state index in [1.165, 1.54) is 11.1 Å². The molecule has 0 unspecified atom stereocenters. The molecule has 2 saturated heterocycles. The fraction of sp³-hybridized carbons (Fsp3) is 0.632. The molecule has 0 atom stereocenters. The maximum absolute atomic E-state index is 12.6. The van der Waals surface area contributed by atoms with Gasteiger partial charge in [-0.25, -0.2) is 0 Å². The third kappa shape index (κ3) is 3.02. The Morgan fingerprint density at radius 1 is 1.04 bits per heavy atom.